The van der Waals surface area contributed by atoms with Gasteiger partial charge in [-0.05, 0) is 42.8 Å². The second-order valence-corrected chi connectivity index (χ2v) is 15.9. The summed E-state index contributed by atoms with van der Waals surface area (Å²) in [7, 11) is -0.198. The minimum absolute atomic E-state index is 0.0260. The molecule has 49 heavy (non-hydrogen) atoms. The number of nitrogens with two attached hydrogens (primary N) is 1. The molecule has 1 heterocycles. The Balaban J connectivity index is 1.56. The zero-order chi connectivity index (χ0) is 35.4. The third-order valence-electron chi connectivity index (χ3n) is 8.08. The quantitative estimate of drug-likeness (QED) is 0.110. The SMILES string of the molecule is COC(=O)CNC(=O)C(CSC1CC(=O)N(C[P+](c2ccccc2)(c2ccccc2)c2ccccc2)C1=O)NC(=O)CCC(N)C(=O)OC. The van der Waals surface area contributed by atoms with Crippen LogP contribution in [0.3, 0.4) is 0 Å². The number of nitrogens with zero attached hydrogens (tertiary/aromatic N) is 1. The fraction of sp³-hybridized carbons (Fsp3) is 0.314. The number of benzene rings is 3. The number of ether oxygens (including phenoxy) is 2. The van der Waals surface area contributed by atoms with Crippen LogP contribution in [0, 0.1) is 0 Å². The number of rotatable bonds is 16. The molecule has 0 spiro atoms. The van der Waals surface area contributed by atoms with Crippen molar-refractivity contribution in [2.24, 2.45) is 5.73 Å². The van der Waals surface area contributed by atoms with E-state index in [9.17, 15) is 28.8 Å². The number of esters is 2. The first-order valence-electron chi connectivity index (χ1n) is 15.6. The highest BCUT2D eigenvalue weighted by Crippen LogP contribution is 2.56. The van der Waals surface area contributed by atoms with E-state index < -0.39 is 54.9 Å². The van der Waals surface area contributed by atoms with Crippen molar-refractivity contribution in [3.8, 4) is 0 Å². The minimum atomic E-state index is -2.56. The Morgan fingerprint density at radius 2 is 1.41 bits per heavy atom. The summed E-state index contributed by atoms with van der Waals surface area (Å²) in [6.07, 6.45) is -0.136. The van der Waals surface area contributed by atoms with Gasteiger partial charge in [-0.2, -0.15) is 0 Å². The fourth-order valence-electron chi connectivity index (χ4n) is 5.46. The largest absolute Gasteiger partial charge is 0.468 e. The van der Waals surface area contributed by atoms with Gasteiger partial charge in [-0.1, -0.05) is 54.6 Å². The molecule has 3 aromatic carbocycles. The van der Waals surface area contributed by atoms with Crippen molar-refractivity contribution in [1.29, 1.82) is 0 Å². The predicted molar refractivity (Wildman–Crippen MR) is 189 cm³/mol. The molecule has 14 heteroatoms. The summed E-state index contributed by atoms with van der Waals surface area (Å²) in [5, 5.41) is 7.26. The molecule has 258 valence electrons. The summed E-state index contributed by atoms with van der Waals surface area (Å²) in [6, 6.07) is 27.5. The van der Waals surface area contributed by atoms with E-state index in [0.717, 1.165) is 27.7 Å². The van der Waals surface area contributed by atoms with Crippen molar-refractivity contribution in [3.63, 3.8) is 0 Å². The number of nitrogens with one attached hydrogen (secondary N) is 2. The van der Waals surface area contributed by atoms with Gasteiger partial charge in [0.05, 0.1) is 19.5 Å². The lowest BCUT2D eigenvalue weighted by Crippen LogP contribution is -2.50. The molecule has 3 atom stereocenters. The van der Waals surface area contributed by atoms with Gasteiger partial charge in [0.2, 0.25) is 23.6 Å². The van der Waals surface area contributed by atoms with E-state index >= 15 is 0 Å². The number of amides is 4. The second kappa shape index (κ2) is 17.7. The van der Waals surface area contributed by atoms with Crippen LogP contribution in [0.2, 0.25) is 0 Å². The number of carbonyl (C=O) groups excluding carboxylic acids is 6. The molecule has 4 N–H and O–H groups in total. The van der Waals surface area contributed by atoms with E-state index in [-0.39, 0.29) is 43.1 Å². The van der Waals surface area contributed by atoms with E-state index in [4.69, 9.17) is 5.73 Å². The molecule has 1 aliphatic heterocycles. The van der Waals surface area contributed by atoms with Crippen molar-refractivity contribution in [2.45, 2.75) is 36.6 Å². The zero-order valence-corrected chi connectivity index (χ0v) is 29.0. The van der Waals surface area contributed by atoms with Crippen LogP contribution >= 0.6 is 19.0 Å². The van der Waals surface area contributed by atoms with Crippen LogP contribution in [0.1, 0.15) is 19.3 Å². The van der Waals surface area contributed by atoms with E-state index in [0.29, 0.717) is 0 Å². The van der Waals surface area contributed by atoms with Gasteiger partial charge in [-0.15, -0.1) is 11.8 Å². The van der Waals surface area contributed by atoms with Gasteiger partial charge in [0.1, 0.15) is 41.8 Å². The molecule has 3 aromatic rings. The monoisotopic (exact) mass is 707 g/mol. The summed E-state index contributed by atoms with van der Waals surface area (Å²) in [5.41, 5.74) is 5.74. The number of methoxy groups -OCH3 is 2. The number of likely N-dealkylation sites (tertiary alicyclic amines) is 1. The Hall–Kier alpha value is -4.58. The first-order valence-corrected chi connectivity index (χ1v) is 18.6. The van der Waals surface area contributed by atoms with Crippen molar-refractivity contribution in [3.05, 3.63) is 91.0 Å². The summed E-state index contributed by atoms with van der Waals surface area (Å²) in [4.78, 5) is 78.1. The maximum atomic E-state index is 14.0. The molecule has 4 amide bonds. The molecule has 3 unspecified atom stereocenters. The zero-order valence-electron chi connectivity index (χ0n) is 27.3. The number of imide groups is 1. The van der Waals surface area contributed by atoms with Crippen LogP contribution in [0.4, 0.5) is 0 Å². The minimum Gasteiger partial charge on any atom is -0.468 e. The normalized spacial score (nSPS) is 15.7. The molecule has 0 saturated carbocycles. The first-order chi connectivity index (χ1) is 23.6. The van der Waals surface area contributed by atoms with Gasteiger partial charge >= 0.3 is 11.9 Å². The molecule has 4 rings (SSSR count). The fourth-order valence-corrected chi connectivity index (χ4v) is 10.8. The second-order valence-electron chi connectivity index (χ2n) is 11.2. The summed E-state index contributed by atoms with van der Waals surface area (Å²) in [5.74, 6) is -3.41. The summed E-state index contributed by atoms with van der Waals surface area (Å²) in [6.45, 7) is -0.432. The summed E-state index contributed by atoms with van der Waals surface area (Å²) < 4.78 is 9.17. The molecular formula is C35H40N4O8PS+. The van der Waals surface area contributed by atoms with Crippen LogP contribution in [-0.2, 0) is 38.2 Å². The van der Waals surface area contributed by atoms with Gasteiger partial charge in [-0.25, -0.2) is 4.90 Å². The molecule has 0 radical (unpaired) electrons. The molecule has 1 fully saturated rings. The predicted octanol–water partition coefficient (Wildman–Crippen LogP) is 0.853. The highest BCUT2D eigenvalue weighted by molar-refractivity contribution is 8.00. The molecule has 1 aliphatic rings. The smallest absolute Gasteiger partial charge is 0.325 e. The van der Waals surface area contributed by atoms with Gasteiger partial charge in [0.25, 0.3) is 0 Å². The number of thioether (sulfide) groups is 1. The van der Waals surface area contributed by atoms with Gasteiger partial charge < -0.3 is 25.8 Å². The Morgan fingerprint density at radius 1 is 0.878 bits per heavy atom. The molecular weight excluding hydrogens is 667 g/mol. The van der Waals surface area contributed by atoms with Crippen LogP contribution in [-0.4, -0.2) is 90.6 Å². The van der Waals surface area contributed by atoms with Crippen LogP contribution in [0.5, 0.6) is 0 Å². The van der Waals surface area contributed by atoms with Gasteiger partial charge in [0, 0.05) is 18.6 Å². The third-order valence-corrected chi connectivity index (χ3v) is 13.6. The number of hydrogen-bond acceptors (Lipinski definition) is 10. The Kier molecular flexibility index (Phi) is 13.5. The Labute approximate surface area is 289 Å². The van der Waals surface area contributed by atoms with E-state index in [2.05, 4.69) is 20.1 Å². The van der Waals surface area contributed by atoms with Crippen LogP contribution in [0.25, 0.3) is 0 Å². The Bertz CT molecular complexity index is 1530. The highest BCUT2D eigenvalue weighted by atomic mass is 32.2. The topological polar surface area (TPSA) is 174 Å². The first kappa shape index (κ1) is 37.2. The number of hydrogen-bond donors (Lipinski definition) is 3. The van der Waals surface area contributed by atoms with Crippen molar-refractivity contribution in [1.82, 2.24) is 15.5 Å². The molecule has 12 nitrogen and oxygen atoms in total. The lowest BCUT2D eigenvalue weighted by molar-refractivity contribution is -0.142. The van der Waals surface area contributed by atoms with E-state index in [1.54, 1.807) is 0 Å². The molecule has 0 bridgehead atoms. The lowest BCUT2D eigenvalue weighted by Gasteiger charge is -2.30. The van der Waals surface area contributed by atoms with Gasteiger partial charge in [0.15, 0.2) is 6.29 Å². The van der Waals surface area contributed by atoms with Crippen LogP contribution in [0.15, 0.2) is 91.0 Å². The molecule has 0 aromatic heterocycles. The number of carbonyl (C=O) groups is 6. The standard InChI is InChI=1S/C35H39N4O8PS/c1-46-32(42)21-37-33(43)28(38-30(40)19-18-27(36)35(45)47-2)22-49-29-20-31(41)39(34(29)44)23-48(24-12-6-3-7-13-24,25-14-8-4-9-15-25)26-16-10-5-11-17-26/h3-17,27-29H,18-23,36H2,1-2H3,(H-,37,38,40,43)/p+1. The lowest BCUT2D eigenvalue weighted by atomic mass is 10.1. The highest BCUT2D eigenvalue weighted by Gasteiger charge is 2.52. The maximum absolute atomic E-state index is 14.0. The molecule has 1 saturated heterocycles. The van der Waals surface area contributed by atoms with Crippen molar-refractivity contribution in [2.75, 3.05) is 32.8 Å². The van der Waals surface area contributed by atoms with E-state index in [1.807, 2.05) is 91.0 Å². The van der Waals surface area contributed by atoms with Crippen molar-refractivity contribution < 1.29 is 38.2 Å². The van der Waals surface area contributed by atoms with Crippen molar-refractivity contribution >= 4 is 70.5 Å². The Morgan fingerprint density at radius 3 is 1.90 bits per heavy atom. The van der Waals surface area contributed by atoms with Crippen LogP contribution < -0.4 is 32.3 Å². The van der Waals surface area contributed by atoms with E-state index in [1.165, 1.54) is 19.1 Å². The molecule has 0 aliphatic carbocycles. The average molecular weight is 708 g/mol. The maximum Gasteiger partial charge on any atom is 0.325 e. The summed E-state index contributed by atoms with van der Waals surface area (Å²) >= 11 is 1.07. The van der Waals surface area contributed by atoms with Gasteiger partial charge in [-0.3, -0.25) is 28.8 Å². The third kappa shape index (κ3) is 9.32. The average Bonchev–Trinajstić information content (AvgIpc) is 3.41.